The number of carboxylic acid groups (broad SMARTS) is 1. The Morgan fingerprint density at radius 2 is 1.82 bits per heavy atom. The van der Waals surface area contributed by atoms with Crippen LogP contribution in [0.25, 0.3) is 11.0 Å². The number of imidazole rings is 1. The van der Waals surface area contributed by atoms with Crippen LogP contribution in [0.2, 0.25) is 0 Å². The molecule has 1 aliphatic carbocycles. The molecule has 1 aromatic heterocycles. The number of aromatic nitrogens is 2. The summed E-state index contributed by atoms with van der Waals surface area (Å²) in [6.45, 7) is 6.36. The summed E-state index contributed by atoms with van der Waals surface area (Å²) in [6, 6.07) is 16.2. The van der Waals surface area contributed by atoms with Crippen molar-refractivity contribution in [2.75, 3.05) is 0 Å². The Morgan fingerprint density at radius 3 is 2.45 bits per heavy atom. The lowest BCUT2D eigenvalue weighted by atomic mass is 9.93. The average molecular weight is 449 g/mol. The number of carbonyl (C=O) groups is 2. The molecular weight excluding hydrogens is 416 g/mol. The quantitative estimate of drug-likeness (QED) is 0.448. The van der Waals surface area contributed by atoms with Crippen LogP contribution >= 0.6 is 0 Å². The van der Waals surface area contributed by atoms with Crippen LogP contribution in [-0.2, 0) is 27.3 Å². The molecule has 0 spiro atoms. The molecule has 0 saturated heterocycles. The number of carboxylic acids is 1. The number of aliphatic carboxylic acids is 1. The van der Waals surface area contributed by atoms with E-state index in [0.29, 0.717) is 25.3 Å². The Balaban J connectivity index is 1.55. The summed E-state index contributed by atoms with van der Waals surface area (Å²) in [6.07, 6.45) is 3.42. The van der Waals surface area contributed by atoms with Crippen molar-refractivity contribution in [3.05, 3.63) is 65.5 Å². The molecule has 0 amide bonds. The summed E-state index contributed by atoms with van der Waals surface area (Å²) < 4.78 is 7.86. The van der Waals surface area contributed by atoms with Gasteiger partial charge in [-0.05, 0) is 69.2 Å². The van der Waals surface area contributed by atoms with E-state index in [1.54, 1.807) is 0 Å². The van der Waals surface area contributed by atoms with Crippen LogP contribution in [-0.4, -0.2) is 32.2 Å². The average Bonchev–Trinajstić information content (AvgIpc) is 3.51. The van der Waals surface area contributed by atoms with E-state index in [2.05, 4.69) is 16.7 Å². The second-order valence-electron chi connectivity index (χ2n) is 9.94. The molecular formula is C27H32N2O4. The first kappa shape index (κ1) is 23.0. The molecule has 4 rings (SSSR count). The zero-order valence-electron chi connectivity index (χ0n) is 19.6. The summed E-state index contributed by atoms with van der Waals surface area (Å²) in [4.78, 5) is 28.5. The van der Waals surface area contributed by atoms with Crippen molar-refractivity contribution in [3.8, 4) is 0 Å². The number of para-hydroxylation sites is 2. The van der Waals surface area contributed by atoms with Gasteiger partial charge in [-0.2, -0.15) is 0 Å². The van der Waals surface area contributed by atoms with Crippen molar-refractivity contribution in [2.45, 2.75) is 70.9 Å². The van der Waals surface area contributed by atoms with E-state index in [4.69, 9.17) is 14.8 Å². The molecule has 1 aliphatic rings. The van der Waals surface area contributed by atoms with Crippen molar-refractivity contribution in [1.29, 1.82) is 0 Å². The molecule has 0 bridgehead atoms. The Labute approximate surface area is 194 Å². The van der Waals surface area contributed by atoms with Gasteiger partial charge < -0.3 is 14.4 Å². The lowest BCUT2D eigenvalue weighted by molar-refractivity contribution is -0.157. The molecule has 33 heavy (non-hydrogen) atoms. The predicted molar refractivity (Wildman–Crippen MR) is 127 cm³/mol. The lowest BCUT2D eigenvalue weighted by Gasteiger charge is -2.24. The fraction of sp³-hybridized carbons (Fsp3) is 0.444. The zero-order valence-corrected chi connectivity index (χ0v) is 19.6. The van der Waals surface area contributed by atoms with Gasteiger partial charge in [0.25, 0.3) is 0 Å². The minimum Gasteiger partial charge on any atom is -0.481 e. The van der Waals surface area contributed by atoms with Crippen molar-refractivity contribution in [3.63, 3.8) is 0 Å². The molecule has 6 heteroatoms. The van der Waals surface area contributed by atoms with E-state index in [9.17, 15) is 9.59 Å². The molecule has 0 radical (unpaired) electrons. The van der Waals surface area contributed by atoms with Crippen LogP contribution in [0.4, 0.5) is 0 Å². The lowest BCUT2D eigenvalue weighted by Crippen LogP contribution is -2.28. The molecule has 2 aromatic carbocycles. The van der Waals surface area contributed by atoms with Gasteiger partial charge in [-0.25, -0.2) is 4.98 Å². The van der Waals surface area contributed by atoms with Gasteiger partial charge in [0.2, 0.25) is 0 Å². The molecule has 0 aliphatic heterocycles. The first-order valence-electron chi connectivity index (χ1n) is 11.7. The molecule has 1 fully saturated rings. The maximum absolute atomic E-state index is 12.8. The number of esters is 1. The highest BCUT2D eigenvalue weighted by Crippen LogP contribution is 2.44. The summed E-state index contributed by atoms with van der Waals surface area (Å²) in [5.74, 6) is 0.122. The minimum atomic E-state index is -0.788. The second kappa shape index (κ2) is 9.38. The van der Waals surface area contributed by atoms with Crippen LogP contribution in [0.1, 0.15) is 69.3 Å². The van der Waals surface area contributed by atoms with Gasteiger partial charge in [0.15, 0.2) is 0 Å². The minimum absolute atomic E-state index is 0.130. The number of rotatable bonds is 9. The number of benzene rings is 2. The number of hydrogen-bond donors (Lipinski definition) is 1. The highest BCUT2D eigenvalue weighted by atomic mass is 16.6. The van der Waals surface area contributed by atoms with Crippen molar-refractivity contribution in [2.24, 2.45) is 5.92 Å². The second-order valence-corrected chi connectivity index (χ2v) is 9.94. The van der Waals surface area contributed by atoms with E-state index >= 15 is 0 Å². The van der Waals surface area contributed by atoms with Crippen molar-refractivity contribution in [1.82, 2.24) is 9.55 Å². The van der Waals surface area contributed by atoms with Crippen LogP contribution in [0.3, 0.4) is 0 Å². The highest BCUT2D eigenvalue weighted by Gasteiger charge is 2.39. The van der Waals surface area contributed by atoms with E-state index in [0.717, 1.165) is 40.8 Å². The van der Waals surface area contributed by atoms with E-state index in [1.807, 2.05) is 57.2 Å². The Bertz CT molecular complexity index is 1140. The van der Waals surface area contributed by atoms with E-state index < -0.39 is 11.6 Å². The Kier molecular flexibility index (Phi) is 6.54. The number of hydrogen-bond acceptors (Lipinski definition) is 4. The first-order chi connectivity index (χ1) is 15.7. The molecule has 3 aromatic rings. The molecule has 1 heterocycles. The monoisotopic (exact) mass is 448 g/mol. The van der Waals surface area contributed by atoms with Gasteiger partial charge in [-0.1, -0.05) is 36.4 Å². The molecule has 1 atom stereocenters. The number of carbonyl (C=O) groups excluding carboxylic acids is 1. The molecule has 6 nitrogen and oxygen atoms in total. The van der Waals surface area contributed by atoms with Gasteiger partial charge in [0, 0.05) is 19.4 Å². The third-order valence-electron chi connectivity index (χ3n) is 5.96. The third kappa shape index (κ3) is 5.81. The summed E-state index contributed by atoms with van der Waals surface area (Å²) in [5, 5.41) is 8.99. The number of ether oxygens (including phenoxy) is 1. The number of fused-ring (bicyclic) bond motifs is 1. The fourth-order valence-corrected chi connectivity index (χ4v) is 4.30. The Morgan fingerprint density at radius 1 is 1.12 bits per heavy atom. The first-order valence-corrected chi connectivity index (χ1v) is 11.7. The van der Waals surface area contributed by atoms with Crippen LogP contribution in [0.15, 0.2) is 48.5 Å². The summed E-state index contributed by atoms with van der Waals surface area (Å²) in [7, 11) is 0. The molecule has 1 saturated carbocycles. The standard InChI is InChI=1S/C27H32N2O4/c1-27(2,3)33-26(32)25(20-15-16-20)19-13-11-18(12-14-19)17-29-22-8-5-4-7-21(22)28-23(29)9-6-10-24(30)31/h4-5,7-8,11-14,20,25H,6,9-10,15-17H2,1-3H3,(H,30,31). The fourth-order valence-electron chi connectivity index (χ4n) is 4.30. The van der Waals surface area contributed by atoms with Gasteiger partial charge in [0.05, 0.1) is 17.0 Å². The van der Waals surface area contributed by atoms with E-state index in [-0.39, 0.29) is 18.3 Å². The van der Waals surface area contributed by atoms with Crippen LogP contribution in [0.5, 0.6) is 0 Å². The molecule has 174 valence electrons. The summed E-state index contributed by atoms with van der Waals surface area (Å²) >= 11 is 0. The van der Waals surface area contributed by atoms with Gasteiger partial charge in [-0.15, -0.1) is 0 Å². The Hall–Kier alpha value is -3.15. The normalized spacial score (nSPS) is 14.9. The topological polar surface area (TPSA) is 81.4 Å². The van der Waals surface area contributed by atoms with Gasteiger partial charge >= 0.3 is 11.9 Å². The van der Waals surface area contributed by atoms with Crippen molar-refractivity contribution >= 4 is 23.0 Å². The van der Waals surface area contributed by atoms with Crippen LogP contribution < -0.4 is 0 Å². The third-order valence-corrected chi connectivity index (χ3v) is 5.96. The summed E-state index contributed by atoms with van der Waals surface area (Å²) in [5.41, 5.74) is 3.58. The maximum atomic E-state index is 12.8. The van der Waals surface area contributed by atoms with Gasteiger partial charge in [0.1, 0.15) is 11.4 Å². The van der Waals surface area contributed by atoms with Gasteiger partial charge in [-0.3, -0.25) is 9.59 Å². The van der Waals surface area contributed by atoms with Crippen molar-refractivity contribution < 1.29 is 19.4 Å². The zero-order chi connectivity index (χ0) is 23.6. The van der Waals surface area contributed by atoms with Crippen LogP contribution in [0, 0.1) is 5.92 Å². The number of nitrogens with zero attached hydrogens (tertiary/aromatic N) is 2. The maximum Gasteiger partial charge on any atom is 0.314 e. The predicted octanol–water partition coefficient (Wildman–Crippen LogP) is 5.33. The van der Waals surface area contributed by atoms with E-state index in [1.165, 1.54) is 0 Å². The largest absolute Gasteiger partial charge is 0.481 e. The smallest absolute Gasteiger partial charge is 0.314 e. The molecule has 1 unspecified atom stereocenters. The molecule has 1 N–H and O–H groups in total. The highest BCUT2D eigenvalue weighted by molar-refractivity contribution is 5.79. The SMILES string of the molecule is CC(C)(C)OC(=O)C(c1ccc(Cn2c(CCCC(=O)O)nc3ccccc32)cc1)C1CC1. The number of aryl methyl sites for hydroxylation is 1.